The Labute approximate surface area is 145 Å². The molecule has 0 radical (unpaired) electrons. The zero-order chi connectivity index (χ0) is 14.3. The number of hydrogen-bond acceptors (Lipinski definition) is 2. The van der Waals surface area contributed by atoms with Gasteiger partial charge in [-0.3, -0.25) is 4.79 Å². The normalized spacial score (nSPS) is 12.4. The minimum atomic E-state index is -2.01. The van der Waals surface area contributed by atoms with Gasteiger partial charge < -0.3 is 5.11 Å². The van der Waals surface area contributed by atoms with Crippen LogP contribution in [0.4, 0.5) is 0 Å². The smallest absolute Gasteiger partial charge is 0.875 e. The summed E-state index contributed by atoms with van der Waals surface area (Å²) in [5.74, 6) is -1.06. The predicted molar refractivity (Wildman–Crippen MR) is 77.3 cm³/mol. The first-order valence-electron chi connectivity index (χ1n) is 5.43. The van der Waals surface area contributed by atoms with Crippen molar-refractivity contribution in [2.24, 2.45) is 0 Å². The van der Waals surface area contributed by atoms with Crippen molar-refractivity contribution < 1.29 is 29.4 Å². The molecule has 108 valence electrons. The van der Waals surface area contributed by atoms with Crippen LogP contribution in [0.2, 0.25) is 0 Å². The van der Waals surface area contributed by atoms with Crippen molar-refractivity contribution in [1.29, 1.82) is 0 Å². The van der Waals surface area contributed by atoms with Gasteiger partial charge >= 0.3 is 19.5 Å². The van der Waals surface area contributed by atoms with E-state index in [1.54, 1.807) is 24.3 Å². The zero-order valence-electron chi connectivity index (χ0n) is 10.2. The molecule has 1 aliphatic rings. The van der Waals surface area contributed by atoms with E-state index in [-0.39, 0.29) is 31.7 Å². The molecule has 0 N–H and O–H groups in total. The SMILES string of the molecule is O=C(CC([O-])=C1C=CC=C1)C(Cl)(Cl)Cl.[Ru+2].c1cc[cH-]c1. The molecule has 0 saturated heterocycles. The Bertz CT molecular complexity index is 466. The Hall–Kier alpha value is -0.467. The molecule has 0 saturated carbocycles. The number of hydrogen-bond donors (Lipinski definition) is 0. The van der Waals surface area contributed by atoms with E-state index in [1.165, 1.54) is 0 Å². The van der Waals surface area contributed by atoms with Crippen molar-refractivity contribution in [1.82, 2.24) is 0 Å². The van der Waals surface area contributed by atoms with Gasteiger partial charge in [0.25, 0.3) is 0 Å². The predicted octanol–water partition coefficient (Wildman–Crippen LogP) is 3.46. The van der Waals surface area contributed by atoms with Gasteiger partial charge in [0.05, 0.1) is 0 Å². The largest absolute Gasteiger partial charge is 2.00 e. The van der Waals surface area contributed by atoms with Crippen molar-refractivity contribution in [2.75, 3.05) is 0 Å². The van der Waals surface area contributed by atoms with Gasteiger partial charge in [0.15, 0.2) is 5.78 Å². The summed E-state index contributed by atoms with van der Waals surface area (Å²) >= 11 is 16.0. The van der Waals surface area contributed by atoms with Crippen LogP contribution in [0.1, 0.15) is 6.42 Å². The molecule has 1 aromatic rings. The maximum absolute atomic E-state index is 11.4. The maximum Gasteiger partial charge on any atom is 2.00 e. The molecule has 0 aliphatic heterocycles. The van der Waals surface area contributed by atoms with E-state index in [9.17, 15) is 9.90 Å². The van der Waals surface area contributed by atoms with E-state index < -0.39 is 9.58 Å². The van der Waals surface area contributed by atoms with Gasteiger partial charge in [0.1, 0.15) is 0 Å². The van der Waals surface area contributed by atoms with E-state index >= 15 is 0 Å². The van der Waals surface area contributed by atoms with Gasteiger partial charge in [0.2, 0.25) is 3.79 Å². The average Bonchev–Trinajstić information content (AvgIpc) is 3.04. The van der Waals surface area contributed by atoms with Crippen molar-refractivity contribution in [2.45, 2.75) is 10.2 Å². The first-order chi connectivity index (χ1) is 8.91. The number of Topliss-reactive ketones (excluding diaryl/α,β-unsaturated/α-hetero) is 1. The minimum absolute atomic E-state index is 0. The Kier molecular flexibility index (Phi) is 9.25. The van der Waals surface area contributed by atoms with Crippen molar-refractivity contribution >= 4 is 40.6 Å². The Balaban J connectivity index is 0.000000507. The number of allylic oxidation sites excluding steroid dienone is 6. The molecule has 20 heavy (non-hydrogen) atoms. The molecule has 0 bridgehead atoms. The fraction of sp³-hybridized carbons (Fsp3) is 0.143. The van der Waals surface area contributed by atoms with E-state index in [0.717, 1.165) is 0 Å². The average molecular weight is 419 g/mol. The molecule has 2 rings (SSSR count). The molecule has 0 spiro atoms. The third-order valence-corrected chi connectivity index (χ3v) is 2.81. The molecule has 0 unspecified atom stereocenters. The van der Waals surface area contributed by atoms with Crippen molar-refractivity contribution in [3.8, 4) is 0 Å². The van der Waals surface area contributed by atoms with Gasteiger partial charge in [-0.15, -0.1) is 5.76 Å². The molecule has 1 aromatic carbocycles. The first kappa shape index (κ1) is 19.5. The molecule has 0 aromatic heterocycles. The van der Waals surface area contributed by atoms with Crippen LogP contribution in [-0.2, 0) is 24.3 Å². The standard InChI is InChI=1S/C9H7Cl3O2.C5H5.Ru/c10-9(11,12)8(14)5-7(13)6-3-1-2-4-6;1-2-4-5-3-1;/h1-4,13H,5H2;1-5H;/q;-1;+2/p-1. The van der Waals surface area contributed by atoms with Gasteiger partial charge in [-0.2, -0.15) is 18.2 Å². The van der Waals surface area contributed by atoms with Crippen molar-refractivity contribution in [3.05, 3.63) is 66.0 Å². The summed E-state index contributed by atoms with van der Waals surface area (Å²) in [6, 6.07) is 10.0. The Morgan fingerprint density at radius 3 is 2.00 bits per heavy atom. The molecule has 0 atom stereocenters. The van der Waals surface area contributed by atoms with E-state index in [2.05, 4.69) is 0 Å². The topological polar surface area (TPSA) is 40.1 Å². The summed E-state index contributed by atoms with van der Waals surface area (Å²) in [5, 5.41) is 11.4. The third-order valence-electron chi connectivity index (χ3n) is 2.18. The molecule has 2 nitrogen and oxygen atoms in total. The number of carbonyl (C=O) groups excluding carboxylic acids is 1. The maximum atomic E-state index is 11.4. The van der Waals surface area contributed by atoms with Crippen LogP contribution in [0, 0.1) is 0 Å². The second-order valence-electron chi connectivity index (χ2n) is 3.66. The van der Waals surface area contributed by atoms with Gasteiger partial charge in [0, 0.05) is 6.42 Å². The fourth-order valence-corrected chi connectivity index (χ4v) is 1.43. The Morgan fingerprint density at radius 1 is 1.15 bits per heavy atom. The van der Waals surface area contributed by atoms with E-state index in [1.807, 2.05) is 30.3 Å². The third kappa shape index (κ3) is 7.35. The van der Waals surface area contributed by atoms with E-state index in [0.29, 0.717) is 5.57 Å². The van der Waals surface area contributed by atoms with Crippen molar-refractivity contribution in [3.63, 3.8) is 0 Å². The van der Waals surface area contributed by atoms with Crippen LogP contribution in [0.5, 0.6) is 0 Å². The fourth-order valence-electron chi connectivity index (χ4n) is 1.23. The second kappa shape index (κ2) is 9.47. The zero-order valence-corrected chi connectivity index (χ0v) is 14.2. The molecule has 0 fully saturated rings. The molecule has 6 heteroatoms. The van der Waals surface area contributed by atoms with Crippen LogP contribution in [0.15, 0.2) is 66.0 Å². The summed E-state index contributed by atoms with van der Waals surface area (Å²) in [4.78, 5) is 11.2. The molecule has 0 heterocycles. The summed E-state index contributed by atoms with van der Waals surface area (Å²) in [6.07, 6.45) is 6.22. The van der Waals surface area contributed by atoms with Gasteiger partial charge in [-0.05, 0) is 5.57 Å². The second-order valence-corrected chi connectivity index (χ2v) is 5.94. The quantitative estimate of drug-likeness (QED) is 0.319. The first-order valence-corrected chi connectivity index (χ1v) is 6.56. The minimum Gasteiger partial charge on any atom is -0.875 e. The molecular weight excluding hydrogens is 408 g/mol. The summed E-state index contributed by atoms with van der Waals surface area (Å²) in [7, 11) is 0. The number of alkyl halides is 3. The number of halogens is 3. The van der Waals surface area contributed by atoms with Gasteiger partial charge in [-0.25, -0.2) is 12.1 Å². The molecule has 1 aliphatic carbocycles. The van der Waals surface area contributed by atoms with Crippen LogP contribution in [-0.4, -0.2) is 9.58 Å². The summed E-state index contributed by atoms with van der Waals surface area (Å²) < 4.78 is -2.01. The van der Waals surface area contributed by atoms with Crippen LogP contribution >= 0.6 is 34.8 Å². The number of ketones is 1. The number of rotatable bonds is 2. The molecular formula is C14H11Cl3O2Ru. The van der Waals surface area contributed by atoms with E-state index in [4.69, 9.17) is 34.8 Å². The summed E-state index contributed by atoms with van der Waals surface area (Å²) in [6.45, 7) is 0. The number of carbonyl (C=O) groups is 1. The van der Waals surface area contributed by atoms with Crippen LogP contribution < -0.4 is 5.11 Å². The summed E-state index contributed by atoms with van der Waals surface area (Å²) in [5.41, 5.74) is 0.451. The monoisotopic (exact) mass is 418 g/mol. The van der Waals surface area contributed by atoms with Crippen LogP contribution in [0.3, 0.4) is 0 Å². The van der Waals surface area contributed by atoms with Crippen LogP contribution in [0.25, 0.3) is 0 Å². The Morgan fingerprint density at radius 2 is 1.65 bits per heavy atom. The van der Waals surface area contributed by atoms with Gasteiger partial charge in [-0.1, -0.05) is 59.1 Å². The molecule has 0 amide bonds.